The number of furan rings is 1. The van der Waals surface area contributed by atoms with Crippen LogP contribution in [0, 0.1) is 6.92 Å². The summed E-state index contributed by atoms with van der Waals surface area (Å²) in [5.74, 6) is 1.81. The average molecular weight is 570 g/mol. The number of nitrogens with one attached hydrogen (secondary N) is 2. The van der Waals surface area contributed by atoms with Crippen molar-refractivity contribution in [1.82, 2.24) is 10.3 Å². The van der Waals surface area contributed by atoms with E-state index in [2.05, 4.69) is 36.6 Å². The second-order valence-corrected chi connectivity index (χ2v) is 10.4. The number of aryl methyl sites for hydroxylation is 1. The minimum atomic E-state index is -0.383. The molecule has 0 aliphatic heterocycles. The van der Waals surface area contributed by atoms with Crippen LogP contribution in [0.15, 0.2) is 87.7 Å². The van der Waals surface area contributed by atoms with E-state index in [9.17, 15) is 4.79 Å². The van der Waals surface area contributed by atoms with Crippen molar-refractivity contribution in [3.05, 3.63) is 101 Å². The Morgan fingerprint density at radius 1 is 1.02 bits per heavy atom. The molecule has 2 heterocycles. The summed E-state index contributed by atoms with van der Waals surface area (Å²) >= 11 is 11.3. The van der Waals surface area contributed by atoms with Crippen LogP contribution in [-0.4, -0.2) is 16.0 Å². The van der Waals surface area contributed by atoms with Gasteiger partial charge in [-0.15, -0.1) is 0 Å². The zero-order valence-electron chi connectivity index (χ0n) is 22.3. The van der Waals surface area contributed by atoms with Gasteiger partial charge in [-0.25, -0.2) is 4.98 Å². The van der Waals surface area contributed by atoms with E-state index in [1.54, 1.807) is 24.3 Å². The predicted molar refractivity (Wildman–Crippen MR) is 165 cm³/mol. The zero-order chi connectivity index (χ0) is 28.2. The second kappa shape index (κ2) is 11.9. The number of aromatic nitrogens is 1. The van der Waals surface area contributed by atoms with Gasteiger partial charge in [0.25, 0.3) is 0 Å². The van der Waals surface area contributed by atoms with Gasteiger partial charge in [0.2, 0.25) is 11.8 Å². The smallest absolute Gasteiger partial charge is 0.250 e. The Hall–Kier alpha value is -4.20. The number of hydrogen-bond acceptors (Lipinski definition) is 5. The third kappa shape index (κ3) is 6.33. The number of amides is 1. The Balaban J connectivity index is 1.24. The van der Waals surface area contributed by atoms with Crippen molar-refractivity contribution in [3.63, 3.8) is 0 Å². The molecule has 2 aromatic heterocycles. The van der Waals surface area contributed by atoms with Gasteiger partial charge < -0.3 is 14.2 Å². The van der Waals surface area contributed by atoms with Crippen molar-refractivity contribution in [2.75, 3.05) is 5.32 Å². The lowest BCUT2D eigenvalue weighted by Gasteiger charge is -2.11. The molecule has 2 N–H and O–H groups in total. The third-order valence-electron chi connectivity index (χ3n) is 6.72. The number of rotatable bonds is 7. The molecule has 3 aromatic carbocycles. The molecule has 0 bridgehead atoms. The van der Waals surface area contributed by atoms with E-state index in [4.69, 9.17) is 37.6 Å². The predicted octanol–water partition coefficient (Wildman–Crippen LogP) is 8.76. The lowest BCUT2D eigenvalue weighted by atomic mass is 9.98. The van der Waals surface area contributed by atoms with E-state index in [1.165, 1.54) is 11.6 Å². The Morgan fingerprint density at radius 3 is 2.58 bits per heavy atom. The van der Waals surface area contributed by atoms with Gasteiger partial charge >= 0.3 is 0 Å². The molecule has 1 unspecified atom stereocenters. The Labute approximate surface area is 243 Å². The summed E-state index contributed by atoms with van der Waals surface area (Å²) in [7, 11) is 0. The third-order valence-corrected chi connectivity index (χ3v) is 7.17. The van der Waals surface area contributed by atoms with Crippen molar-refractivity contribution in [1.29, 1.82) is 0 Å². The largest absolute Gasteiger partial charge is 0.457 e. The highest BCUT2D eigenvalue weighted by Crippen LogP contribution is 2.30. The van der Waals surface area contributed by atoms with Gasteiger partial charge in [-0.2, -0.15) is 0 Å². The zero-order valence-corrected chi connectivity index (χ0v) is 23.9. The number of hydrogen-bond donors (Lipinski definition) is 2. The first-order chi connectivity index (χ1) is 19.3. The number of anilines is 1. The number of thiocarbonyl (C=S) groups is 1. The molecule has 0 aliphatic rings. The maximum Gasteiger partial charge on any atom is 0.250 e. The first-order valence-corrected chi connectivity index (χ1v) is 13.7. The lowest BCUT2D eigenvalue weighted by molar-refractivity contribution is -0.115. The van der Waals surface area contributed by atoms with Gasteiger partial charge in [0.05, 0.1) is 0 Å². The number of benzene rings is 3. The molecule has 0 aliphatic carbocycles. The topological polar surface area (TPSA) is 80.3 Å². The van der Waals surface area contributed by atoms with Gasteiger partial charge in [0.15, 0.2) is 10.7 Å². The molecule has 5 aromatic rings. The number of oxazole rings is 1. The van der Waals surface area contributed by atoms with E-state index in [0.29, 0.717) is 28.4 Å². The summed E-state index contributed by atoms with van der Waals surface area (Å²) in [5.41, 5.74) is 6.20. The lowest BCUT2D eigenvalue weighted by Crippen LogP contribution is -2.33. The molecule has 0 saturated carbocycles. The molecule has 0 spiro atoms. The average Bonchev–Trinajstić information content (AvgIpc) is 3.60. The summed E-state index contributed by atoms with van der Waals surface area (Å²) in [6.45, 7) is 6.33. The van der Waals surface area contributed by atoms with Gasteiger partial charge in [0, 0.05) is 27.9 Å². The minimum Gasteiger partial charge on any atom is -0.457 e. The second-order valence-electron chi connectivity index (χ2n) is 9.57. The van der Waals surface area contributed by atoms with Gasteiger partial charge in [-0.3, -0.25) is 10.1 Å². The van der Waals surface area contributed by atoms with Crippen molar-refractivity contribution in [2.24, 2.45) is 0 Å². The van der Waals surface area contributed by atoms with Crippen LogP contribution in [0.2, 0.25) is 5.02 Å². The monoisotopic (exact) mass is 569 g/mol. The van der Waals surface area contributed by atoms with Crippen LogP contribution < -0.4 is 10.6 Å². The van der Waals surface area contributed by atoms with Crippen molar-refractivity contribution >= 4 is 57.7 Å². The highest BCUT2D eigenvalue weighted by molar-refractivity contribution is 7.80. The fourth-order valence-electron chi connectivity index (χ4n) is 4.18. The quantitative estimate of drug-likeness (QED) is 0.151. The Morgan fingerprint density at radius 2 is 1.80 bits per heavy atom. The summed E-state index contributed by atoms with van der Waals surface area (Å²) in [6, 6.07) is 22.9. The van der Waals surface area contributed by atoms with Crippen LogP contribution in [0.1, 0.15) is 43.1 Å². The van der Waals surface area contributed by atoms with Crippen LogP contribution in [-0.2, 0) is 4.79 Å². The van der Waals surface area contributed by atoms with Gasteiger partial charge in [-0.1, -0.05) is 37.6 Å². The van der Waals surface area contributed by atoms with Gasteiger partial charge in [0.1, 0.15) is 17.0 Å². The fraction of sp³-hybridized carbons (Fsp3) is 0.156. The summed E-state index contributed by atoms with van der Waals surface area (Å²) in [5, 5.41) is 6.61. The van der Waals surface area contributed by atoms with E-state index >= 15 is 0 Å². The SMILES string of the molecule is CCC(C)c1ccc2oc(-c3ccc(C)c(NC(=S)NC(=O)C=Cc4ccc(-c5ccc(Cl)cc5)o4)c3)nc2c1. The van der Waals surface area contributed by atoms with E-state index in [-0.39, 0.29) is 11.0 Å². The first kappa shape index (κ1) is 27.4. The molecule has 0 saturated heterocycles. The van der Waals surface area contributed by atoms with Crippen LogP contribution in [0.5, 0.6) is 0 Å². The molecule has 0 fully saturated rings. The van der Waals surface area contributed by atoms with Crippen LogP contribution in [0.25, 0.3) is 40.0 Å². The highest BCUT2D eigenvalue weighted by atomic mass is 35.5. The maximum atomic E-state index is 12.5. The molecule has 202 valence electrons. The van der Waals surface area contributed by atoms with E-state index in [0.717, 1.165) is 39.9 Å². The summed E-state index contributed by atoms with van der Waals surface area (Å²) < 4.78 is 11.8. The van der Waals surface area contributed by atoms with Crippen molar-refractivity contribution in [2.45, 2.75) is 33.1 Å². The molecule has 6 nitrogen and oxygen atoms in total. The van der Waals surface area contributed by atoms with Crippen LogP contribution in [0.4, 0.5) is 5.69 Å². The number of fused-ring (bicyclic) bond motifs is 1. The first-order valence-electron chi connectivity index (χ1n) is 13.0. The molecule has 0 radical (unpaired) electrons. The molecular weight excluding hydrogens is 542 g/mol. The van der Waals surface area contributed by atoms with Crippen LogP contribution >= 0.6 is 23.8 Å². The molecule has 1 amide bonds. The summed E-state index contributed by atoms with van der Waals surface area (Å²) in [4.78, 5) is 17.2. The number of carbonyl (C=O) groups excluding carboxylic acids is 1. The standard InChI is InChI=1S/C32H28ClN3O3S/c1-4-19(2)22-9-14-29-27(17-22)34-31(39-29)23-6-5-20(3)26(18-23)35-32(40)36-30(37)16-13-25-12-15-28(38-25)21-7-10-24(33)11-8-21/h5-19H,4H2,1-3H3,(H2,35,36,37,40). The number of carbonyl (C=O) groups is 1. The molecule has 5 rings (SSSR count). The molecule has 8 heteroatoms. The Kier molecular flexibility index (Phi) is 8.14. The fourth-order valence-corrected chi connectivity index (χ4v) is 4.51. The Bertz CT molecular complexity index is 1720. The van der Waals surface area contributed by atoms with E-state index < -0.39 is 0 Å². The van der Waals surface area contributed by atoms with Crippen LogP contribution in [0.3, 0.4) is 0 Å². The highest BCUT2D eigenvalue weighted by Gasteiger charge is 2.13. The van der Waals surface area contributed by atoms with E-state index in [1.807, 2.05) is 49.4 Å². The normalized spacial score (nSPS) is 12.1. The van der Waals surface area contributed by atoms with Crippen molar-refractivity contribution in [3.8, 4) is 22.8 Å². The van der Waals surface area contributed by atoms with Crippen molar-refractivity contribution < 1.29 is 13.6 Å². The number of halogens is 1. The number of nitrogens with zero attached hydrogens (tertiary/aromatic N) is 1. The molecule has 1 atom stereocenters. The maximum absolute atomic E-state index is 12.5. The molecule has 40 heavy (non-hydrogen) atoms. The van der Waals surface area contributed by atoms with Gasteiger partial charge in [-0.05, 0) is 109 Å². The summed E-state index contributed by atoms with van der Waals surface area (Å²) in [6.07, 6.45) is 4.01. The minimum absolute atomic E-state index is 0.173. The molecular formula is C32H28ClN3O3S.